The maximum absolute atomic E-state index is 13.7. The van der Waals surface area contributed by atoms with Crippen molar-refractivity contribution in [3.63, 3.8) is 0 Å². The third-order valence-corrected chi connectivity index (χ3v) is 4.79. The summed E-state index contributed by atoms with van der Waals surface area (Å²) in [5, 5.41) is 3.21. The number of nitrogens with one attached hydrogen (secondary N) is 1. The van der Waals surface area contributed by atoms with Crippen LogP contribution in [0.1, 0.15) is 50.1 Å². The van der Waals surface area contributed by atoms with Crippen LogP contribution >= 0.6 is 0 Å². The number of hydrogen-bond donors (Lipinski definition) is 2. The van der Waals surface area contributed by atoms with Crippen molar-refractivity contribution in [2.45, 2.75) is 50.5 Å². The summed E-state index contributed by atoms with van der Waals surface area (Å²) in [6.45, 7) is 0.982. The zero-order valence-corrected chi connectivity index (χ0v) is 13.8. The van der Waals surface area contributed by atoms with Gasteiger partial charge in [0.1, 0.15) is 5.75 Å². The van der Waals surface area contributed by atoms with Gasteiger partial charge >= 0.3 is 0 Å². The van der Waals surface area contributed by atoms with Gasteiger partial charge in [-0.15, -0.1) is 0 Å². The Labute approximate surface area is 141 Å². The molecule has 24 heavy (non-hydrogen) atoms. The maximum atomic E-state index is 13.7. The zero-order valence-electron chi connectivity index (χ0n) is 13.8. The van der Waals surface area contributed by atoms with Crippen LogP contribution in [0.4, 0.5) is 8.78 Å². The molecule has 0 aromatic heterocycles. The number of nitrogens with two attached hydrogens (primary N) is 1. The van der Waals surface area contributed by atoms with E-state index >= 15 is 0 Å². The summed E-state index contributed by atoms with van der Waals surface area (Å²) in [4.78, 5) is 4.33. The van der Waals surface area contributed by atoms with Crippen molar-refractivity contribution in [2.24, 2.45) is 16.6 Å². The molecule has 1 heterocycles. The minimum atomic E-state index is -2.56. The van der Waals surface area contributed by atoms with Gasteiger partial charge in [0.05, 0.1) is 12.6 Å². The van der Waals surface area contributed by atoms with Gasteiger partial charge in [0.15, 0.2) is 5.96 Å². The Morgan fingerprint density at radius 1 is 1.29 bits per heavy atom. The first-order valence-corrected chi connectivity index (χ1v) is 8.69. The lowest BCUT2D eigenvalue weighted by atomic mass is 9.99. The second-order valence-corrected chi connectivity index (χ2v) is 6.77. The van der Waals surface area contributed by atoms with Crippen molar-refractivity contribution in [1.82, 2.24) is 5.32 Å². The van der Waals surface area contributed by atoms with Crippen LogP contribution in [0.5, 0.6) is 5.75 Å². The number of para-hydroxylation sites is 1. The van der Waals surface area contributed by atoms with Crippen molar-refractivity contribution in [3.8, 4) is 5.75 Å². The first-order chi connectivity index (χ1) is 11.5. The number of halogens is 2. The maximum Gasteiger partial charge on any atom is 0.248 e. The number of alkyl halides is 2. The first kappa shape index (κ1) is 17.0. The Bertz CT molecular complexity index is 591. The number of fused-ring (bicyclic) bond motifs is 1. The number of benzene rings is 1. The lowest BCUT2D eigenvalue weighted by molar-refractivity contribution is -0.0241. The topological polar surface area (TPSA) is 59.6 Å². The predicted molar refractivity (Wildman–Crippen MR) is 90.4 cm³/mol. The smallest absolute Gasteiger partial charge is 0.248 e. The Morgan fingerprint density at radius 2 is 2.12 bits per heavy atom. The van der Waals surface area contributed by atoms with E-state index in [2.05, 4.69) is 10.3 Å². The number of guanidine groups is 1. The van der Waals surface area contributed by atoms with Crippen molar-refractivity contribution in [1.29, 1.82) is 0 Å². The normalized spacial score (nSPS) is 26.8. The monoisotopic (exact) mass is 337 g/mol. The third kappa shape index (κ3) is 4.36. The Hall–Kier alpha value is -1.85. The van der Waals surface area contributed by atoms with Crippen LogP contribution in [0.2, 0.25) is 0 Å². The summed E-state index contributed by atoms with van der Waals surface area (Å²) in [6, 6.07) is 7.89. The molecule has 1 fully saturated rings. The van der Waals surface area contributed by atoms with Crippen LogP contribution in [0.15, 0.2) is 29.3 Å². The van der Waals surface area contributed by atoms with Crippen LogP contribution in [-0.4, -0.2) is 25.0 Å². The summed E-state index contributed by atoms with van der Waals surface area (Å²) >= 11 is 0. The standard InChI is InChI=1S/C18H25F2N3O/c19-18(20)9-4-3-5-13(11-18)12-22-17(21)23-15-8-10-24-16-7-2-1-6-14(15)16/h1-2,6-7,13,15H,3-5,8-12H2,(H3,21,22,23). The molecule has 1 aliphatic carbocycles. The van der Waals surface area contributed by atoms with Gasteiger partial charge in [-0.3, -0.25) is 4.99 Å². The van der Waals surface area contributed by atoms with E-state index in [1.54, 1.807) is 0 Å². The molecule has 4 nitrogen and oxygen atoms in total. The van der Waals surface area contributed by atoms with Gasteiger partial charge in [0.2, 0.25) is 5.92 Å². The molecule has 1 aliphatic heterocycles. The highest BCUT2D eigenvalue weighted by Gasteiger charge is 2.34. The molecule has 0 spiro atoms. The SMILES string of the molecule is NC(=NCC1CCCCC(F)(F)C1)NC1CCOc2ccccc21. The van der Waals surface area contributed by atoms with Crippen molar-refractivity contribution in [3.05, 3.63) is 29.8 Å². The summed E-state index contributed by atoms with van der Waals surface area (Å²) < 4.78 is 33.0. The highest BCUT2D eigenvalue weighted by molar-refractivity contribution is 5.78. The third-order valence-electron chi connectivity index (χ3n) is 4.79. The molecule has 0 radical (unpaired) electrons. The molecule has 3 rings (SSSR count). The average Bonchev–Trinajstić information content (AvgIpc) is 2.73. The molecule has 2 aliphatic rings. The summed E-state index contributed by atoms with van der Waals surface area (Å²) in [5.41, 5.74) is 7.05. The molecule has 3 N–H and O–H groups in total. The minimum Gasteiger partial charge on any atom is -0.493 e. The molecular weight excluding hydrogens is 312 g/mol. The molecule has 0 bridgehead atoms. The Balaban J connectivity index is 1.59. The van der Waals surface area contributed by atoms with Gasteiger partial charge in [0, 0.05) is 31.4 Å². The molecule has 1 saturated carbocycles. The van der Waals surface area contributed by atoms with E-state index in [9.17, 15) is 8.78 Å². The number of aliphatic imine (C=N–C) groups is 1. The molecular formula is C18H25F2N3O. The van der Waals surface area contributed by atoms with Crippen molar-refractivity contribution < 1.29 is 13.5 Å². The molecule has 2 unspecified atom stereocenters. The van der Waals surface area contributed by atoms with E-state index in [4.69, 9.17) is 10.5 Å². The van der Waals surface area contributed by atoms with Gasteiger partial charge in [0.25, 0.3) is 0 Å². The average molecular weight is 337 g/mol. The number of hydrogen-bond acceptors (Lipinski definition) is 2. The summed E-state index contributed by atoms with van der Waals surface area (Å²) in [6.07, 6.45) is 2.96. The molecule has 0 amide bonds. The summed E-state index contributed by atoms with van der Waals surface area (Å²) in [5.74, 6) is -1.47. The fourth-order valence-corrected chi connectivity index (χ4v) is 3.54. The van der Waals surface area contributed by atoms with E-state index in [0.29, 0.717) is 25.5 Å². The van der Waals surface area contributed by atoms with E-state index in [1.807, 2.05) is 24.3 Å². The molecule has 1 aromatic rings. The quantitative estimate of drug-likeness (QED) is 0.503. The molecule has 1 aromatic carbocycles. The molecule has 0 saturated heterocycles. The van der Waals surface area contributed by atoms with E-state index in [-0.39, 0.29) is 24.8 Å². The van der Waals surface area contributed by atoms with Crippen LogP contribution in [0, 0.1) is 5.92 Å². The Morgan fingerprint density at radius 3 is 3.00 bits per heavy atom. The van der Waals surface area contributed by atoms with Gasteiger partial charge in [-0.25, -0.2) is 8.78 Å². The van der Waals surface area contributed by atoms with Crippen molar-refractivity contribution >= 4 is 5.96 Å². The van der Waals surface area contributed by atoms with Crippen LogP contribution in [-0.2, 0) is 0 Å². The summed E-state index contributed by atoms with van der Waals surface area (Å²) in [7, 11) is 0. The fourth-order valence-electron chi connectivity index (χ4n) is 3.54. The first-order valence-electron chi connectivity index (χ1n) is 8.69. The van der Waals surface area contributed by atoms with Gasteiger partial charge < -0.3 is 15.8 Å². The number of rotatable bonds is 3. The second kappa shape index (κ2) is 7.36. The highest BCUT2D eigenvalue weighted by atomic mass is 19.3. The van der Waals surface area contributed by atoms with Crippen LogP contribution < -0.4 is 15.8 Å². The van der Waals surface area contributed by atoms with Gasteiger partial charge in [-0.1, -0.05) is 24.6 Å². The molecule has 6 heteroatoms. The lowest BCUT2D eigenvalue weighted by Crippen LogP contribution is -2.37. The van der Waals surface area contributed by atoms with Crippen LogP contribution in [0.25, 0.3) is 0 Å². The van der Waals surface area contributed by atoms with Crippen LogP contribution in [0.3, 0.4) is 0 Å². The second-order valence-electron chi connectivity index (χ2n) is 6.77. The lowest BCUT2D eigenvalue weighted by Gasteiger charge is -2.27. The number of nitrogens with zero attached hydrogens (tertiary/aromatic N) is 1. The largest absolute Gasteiger partial charge is 0.493 e. The molecule has 132 valence electrons. The van der Waals surface area contributed by atoms with E-state index in [1.165, 1.54) is 0 Å². The van der Waals surface area contributed by atoms with E-state index in [0.717, 1.165) is 30.6 Å². The van der Waals surface area contributed by atoms with E-state index < -0.39 is 5.92 Å². The molecule has 2 atom stereocenters. The Kier molecular flexibility index (Phi) is 5.21. The predicted octanol–water partition coefficient (Wildman–Crippen LogP) is 3.63. The minimum absolute atomic E-state index is 0.000194. The number of ether oxygens (including phenoxy) is 1. The highest BCUT2D eigenvalue weighted by Crippen LogP contribution is 2.35. The van der Waals surface area contributed by atoms with Crippen molar-refractivity contribution in [2.75, 3.05) is 13.2 Å². The van der Waals surface area contributed by atoms with Gasteiger partial charge in [-0.2, -0.15) is 0 Å². The zero-order chi connectivity index (χ0) is 17.0. The fraction of sp³-hybridized carbons (Fsp3) is 0.611. The van der Waals surface area contributed by atoms with Gasteiger partial charge in [-0.05, 0) is 24.8 Å².